The Morgan fingerprint density at radius 3 is 2.82 bits per heavy atom. The van der Waals surface area contributed by atoms with Crippen molar-refractivity contribution in [3.05, 3.63) is 0 Å². The van der Waals surface area contributed by atoms with E-state index in [1.807, 2.05) is 0 Å². The fraction of sp³-hybridized carbons (Fsp3) is 0.913. The molecule has 0 spiro atoms. The molecule has 5 heteroatoms. The van der Waals surface area contributed by atoms with Crippen LogP contribution in [0.1, 0.15) is 71.6 Å². The third kappa shape index (κ3) is 2.79. The molecule has 0 aromatic heterocycles. The van der Waals surface area contributed by atoms with E-state index in [0.717, 1.165) is 58.0 Å². The average molecular weight is 391 g/mol. The lowest BCUT2D eigenvalue weighted by molar-refractivity contribution is -0.150. The van der Waals surface area contributed by atoms with Crippen LogP contribution in [0.2, 0.25) is 0 Å². The molecule has 4 saturated carbocycles. The van der Waals surface area contributed by atoms with Gasteiger partial charge in [-0.3, -0.25) is 4.79 Å². The Labute approximate surface area is 168 Å². The number of fused-ring (bicyclic) bond motifs is 5. The van der Waals surface area contributed by atoms with Crippen molar-refractivity contribution in [3.63, 3.8) is 0 Å². The van der Waals surface area contributed by atoms with Gasteiger partial charge in [0.2, 0.25) is 0 Å². The minimum atomic E-state index is -0.833. The van der Waals surface area contributed by atoms with E-state index in [0.29, 0.717) is 36.4 Å². The van der Waals surface area contributed by atoms with Gasteiger partial charge in [-0.15, -0.1) is 0 Å². The molecule has 1 heterocycles. The van der Waals surface area contributed by atoms with Crippen molar-refractivity contribution in [2.45, 2.75) is 83.9 Å². The van der Waals surface area contributed by atoms with E-state index in [4.69, 9.17) is 4.84 Å². The number of hydrogen-bond acceptors (Lipinski definition) is 4. The maximum absolute atomic E-state index is 15.6. The first-order valence-electron chi connectivity index (χ1n) is 11.5. The van der Waals surface area contributed by atoms with Gasteiger partial charge in [0.15, 0.2) is 0 Å². The summed E-state index contributed by atoms with van der Waals surface area (Å²) >= 11 is 0. The molecule has 1 saturated heterocycles. The molecule has 156 valence electrons. The fourth-order valence-corrected chi connectivity index (χ4v) is 7.83. The fourth-order valence-electron chi connectivity index (χ4n) is 7.83. The summed E-state index contributed by atoms with van der Waals surface area (Å²) in [5.41, 5.74) is 0.831. The largest absolute Gasteiger partial charge is 0.391 e. The molecular weight excluding hydrogens is 355 g/mol. The minimum Gasteiger partial charge on any atom is -0.391 e. The second-order valence-electron chi connectivity index (χ2n) is 10.8. The van der Waals surface area contributed by atoms with Crippen LogP contribution in [0.3, 0.4) is 0 Å². The number of nitrogens with zero attached hydrogens (tertiary/aromatic N) is 1. The number of ketones is 1. The molecule has 8 atom stereocenters. The molecule has 5 aliphatic rings. The second kappa shape index (κ2) is 6.78. The summed E-state index contributed by atoms with van der Waals surface area (Å²) in [6.45, 7) is 6.31. The number of carbonyl (C=O) groups excluding carboxylic acids is 1. The van der Waals surface area contributed by atoms with Gasteiger partial charge in [0, 0.05) is 24.8 Å². The third-order valence-electron chi connectivity index (χ3n) is 9.45. The quantitative estimate of drug-likeness (QED) is 0.716. The first-order valence-corrected chi connectivity index (χ1v) is 11.5. The summed E-state index contributed by atoms with van der Waals surface area (Å²) in [5, 5.41) is 7.83. The number of carbonyl (C=O) groups is 1. The maximum Gasteiger partial charge on any atom is 0.141 e. The van der Waals surface area contributed by atoms with Crippen LogP contribution < -0.4 is 5.32 Å². The molecule has 5 fully saturated rings. The maximum atomic E-state index is 15.6. The van der Waals surface area contributed by atoms with Gasteiger partial charge >= 0.3 is 0 Å². The van der Waals surface area contributed by atoms with Crippen molar-refractivity contribution in [1.29, 1.82) is 0 Å². The Kier molecular flexibility index (Phi) is 4.61. The molecule has 0 aromatic carbocycles. The van der Waals surface area contributed by atoms with Crippen molar-refractivity contribution in [3.8, 4) is 0 Å². The topological polar surface area (TPSA) is 50.7 Å². The SMILES string of the molecule is C[C@]12CCC(=NOC3CCNC3)CC1CCC1C2C(F)C[C@]2(C)C(=O)CCC12. The van der Waals surface area contributed by atoms with E-state index in [2.05, 4.69) is 24.3 Å². The van der Waals surface area contributed by atoms with E-state index in [9.17, 15) is 4.79 Å². The van der Waals surface area contributed by atoms with Gasteiger partial charge in [0.25, 0.3) is 0 Å². The van der Waals surface area contributed by atoms with Crippen molar-refractivity contribution < 1.29 is 14.0 Å². The molecule has 4 aliphatic carbocycles. The van der Waals surface area contributed by atoms with Crippen LogP contribution in [0, 0.1) is 34.5 Å². The van der Waals surface area contributed by atoms with E-state index in [1.54, 1.807) is 0 Å². The van der Waals surface area contributed by atoms with E-state index >= 15 is 4.39 Å². The van der Waals surface area contributed by atoms with Crippen molar-refractivity contribution in [1.82, 2.24) is 5.32 Å². The van der Waals surface area contributed by atoms with Crippen molar-refractivity contribution >= 4 is 11.5 Å². The predicted molar refractivity (Wildman–Crippen MR) is 107 cm³/mol. The van der Waals surface area contributed by atoms with Gasteiger partial charge in [0.1, 0.15) is 18.1 Å². The smallest absolute Gasteiger partial charge is 0.141 e. The van der Waals surface area contributed by atoms with E-state index in [1.165, 1.54) is 5.71 Å². The monoisotopic (exact) mass is 390 g/mol. The van der Waals surface area contributed by atoms with Crippen molar-refractivity contribution in [2.24, 2.45) is 39.7 Å². The first kappa shape index (κ1) is 19.0. The minimum absolute atomic E-state index is 0.0449. The normalized spacial score (nSPS) is 52.2. The zero-order valence-electron chi connectivity index (χ0n) is 17.4. The molecular formula is C23H35FN2O2. The van der Waals surface area contributed by atoms with Gasteiger partial charge in [-0.1, -0.05) is 19.0 Å². The molecule has 0 bridgehead atoms. The number of hydrogen-bond donors (Lipinski definition) is 1. The predicted octanol–water partition coefficient (Wildman–Crippen LogP) is 4.28. The number of halogens is 1. The van der Waals surface area contributed by atoms with Crippen LogP contribution in [-0.2, 0) is 9.63 Å². The van der Waals surface area contributed by atoms with Gasteiger partial charge in [0.05, 0.1) is 5.71 Å². The molecule has 0 radical (unpaired) electrons. The van der Waals surface area contributed by atoms with Crippen LogP contribution >= 0.6 is 0 Å². The highest BCUT2D eigenvalue weighted by atomic mass is 19.1. The summed E-state index contributed by atoms with van der Waals surface area (Å²) < 4.78 is 15.6. The standard InChI is InChI=1S/C23H35FN2O2/c1-22-9-7-15(26-28-16-8-10-25-13-16)11-14(22)3-4-17-18-5-6-20(27)23(18,2)12-19(24)21(17)22/h14,16-19,21,25H,3-13H2,1-2H3/t14?,16?,17?,18?,19?,21?,22-,23-/m0/s1. The lowest BCUT2D eigenvalue weighted by Crippen LogP contribution is -2.58. The third-order valence-corrected chi connectivity index (χ3v) is 9.45. The number of Topliss-reactive ketones (excluding diaryl/α,β-unsaturated/α-hetero) is 1. The Morgan fingerprint density at radius 2 is 2.04 bits per heavy atom. The Hall–Kier alpha value is -0.970. The number of oxime groups is 1. The summed E-state index contributed by atoms with van der Waals surface area (Å²) in [6.07, 6.45) is 7.67. The Morgan fingerprint density at radius 1 is 1.18 bits per heavy atom. The molecule has 4 nitrogen and oxygen atoms in total. The zero-order valence-corrected chi connectivity index (χ0v) is 17.4. The van der Waals surface area contributed by atoms with Gasteiger partial charge in [-0.25, -0.2) is 4.39 Å². The van der Waals surface area contributed by atoms with E-state index in [-0.39, 0.29) is 17.4 Å². The van der Waals surface area contributed by atoms with Crippen LogP contribution in [0.25, 0.3) is 0 Å². The lowest BCUT2D eigenvalue weighted by Gasteiger charge is -2.60. The van der Waals surface area contributed by atoms with Gasteiger partial charge < -0.3 is 10.2 Å². The summed E-state index contributed by atoms with van der Waals surface area (Å²) in [6, 6.07) is 0. The van der Waals surface area contributed by atoms with Gasteiger partial charge in [-0.2, -0.15) is 0 Å². The Balaban J connectivity index is 1.34. The number of alkyl halides is 1. The highest BCUT2D eigenvalue weighted by molar-refractivity contribution is 5.87. The molecule has 0 aromatic rings. The molecule has 28 heavy (non-hydrogen) atoms. The van der Waals surface area contributed by atoms with Crippen molar-refractivity contribution in [2.75, 3.05) is 13.1 Å². The molecule has 6 unspecified atom stereocenters. The number of rotatable bonds is 2. The molecule has 1 N–H and O–H groups in total. The summed E-state index contributed by atoms with van der Waals surface area (Å²) in [7, 11) is 0. The van der Waals surface area contributed by atoms with Crippen LogP contribution in [0.5, 0.6) is 0 Å². The molecule has 0 amide bonds. The first-order chi connectivity index (χ1) is 13.4. The summed E-state index contributed by atoms with van der Waals surface area (Å²) in [4.78, 5) is 18.3. The summed E-state index contributed by atoms with van der Waals surface area (Å²) in [5.74, 6) is 1.74. The highest BCUT2D eigenvalue weighted by Crippen LogP contribution is 2.65. The molecule has 1 aliphatic heterocycles. The zero-order chi connectivity index (χ0) is 19.5. The van der Waals surface area contributed by atoms with Crippen LogP contribution in [0.15, 0.2) is 5.16 Å². The second-order valence-corrected chi connectivity index (χ2v) is 10.8. The van der Waals surface area contributed by atoms with Gasteiger partial charge in [-0.05, 0) is 80.6 Å². The lowest BCUT2D eigenvalue weighted by atomic mass is 9.44. The van der Waals surface area contributed by atoms with E-state index < -0.39 is 11.6 Å². The Bertz CT molecular complexity index is 676. The number of nitrogens with one attached hydrogen (secondary N) is 1. The highest BCUT2D eigenvalue weighted by Gasteiger charge is 2.63. The van der Waals surface area contributed by atoms with Crippen LogP contribution in [0.4, 0.5) is 4.39 Å². The van der Waals surface area contributed by atoms with Crippen LogP contribution in [-0.4, -0.2) is 36.9 Å². The molecule has 5 rings (SSSR count). The average Bonchev–Trinajstić information content (AvgIpc) is 3.28.